The number of ether oxygens (including phenoxy) is 1. The number of hydrazine groups is 1. The Kier molecular flexibility index (Phi) is 4.09. The highest BCUT2D eigenvalue weighted by Crippen LogP contribution is 2.14. The van der Waals surface area contributed by atoms with E-state index >= 15 is 0 Å². The van der Waals surface area contributed by atoms with Crippen LogP contribution >= 0.6 is 0 Å². The molecular formula is C12H16N6O. The number of pyridine rings is 1. The Morgan fingerprint density at radius 2 is 2.21 bits per heavy atom. The highest BCUT2D eigenvalue weighted by molar-refractivity contribution is 5.46. The summed E-state index contributed by atoms with van der Waals surface area (Å²) in [6.45, 7) is 2.54. The van der Waals surface area contributed by atoms with E-state index < -0.39 is 0 Å². The zero-order valence-corrected chi connectivity index (χ0v) is 10.8. The van der Waals surface area contributed by atoms with Gasteiger partial charge >= 0.3 is 0 Å². The number of nitrogens with two attached hydrogens (primary N) is 1. The van der Waals surface area contributed by atoms with Crippen LogP contribution in [0.3, 0.4) is 0 Å². The Balaban J connectivity index is 2.09. The summed E-state index contributed by atoms with van der Waals surface area (Å²) in [6.07, 6.45) is 3.41. The molecule has 7 heteroatoms. The predicted octanol–water partition coefficient (Wildman–Crippen LogP) is 1.09. The highest BCUT2D eigenvalue weighted by Gasteiger charge is 2.03. The number of nitrogens with one attached hydrogen (secondary N) is 2. The Labute approximate surface area is 111 Å². The first-order valence-corrected chi connectivity index (χ1v) is 5.76. The van der Waals surface area contributed by atoms with Gasteiger partial charge in [-0.05, 0) is 18.6 Å². The second-order valence-electron chi connectivity index (χ2n) is 3.93. The van der Waals surface area contributed by atoms with Crippen molar-refractivity contribution in [2.24, 2.45) is 5.84 Å². The van der Waals surface area contributed by atoms with E-state index in [1.165, 1.54) is 0 Å². The lowest BCUT2D eigenvalue weighted by molar-refractivity contribution is 0.397. The standard InChI is InChI=1S/C12H16N6O/c1-8-6-16-12(18-13)17-11(8)15-7-9-3-4-14-10(5-9)19-2/h3-6H,7,13H2,1-2H3,(H2,15,16,17,18). The summed E-state index contributed by atoms with van der Waals surface area (Å²) >= 11 is 0. The Hall–Kier alpha value is -2.41. The van der Waals surface area contributed by atoms with Crippen LogP contribution < -0.4 is 21.3 Å². The predicted molar refractivity (Wildman–Crippen MR) is 72.7 cm³/mol. The van der Waals surface area contributed by atoms with E-state index in [-0.39, 0.29) is 0 Å². The molecule has 2 rings (SSSR count). The molecular weight excluding hydrogens is 244 g/mol. The fraction of sp³-hybridized carbons (Fsp3) is 0.250. The minimum atomic E-state index is 0.375. The molecule has 0 aromatic carbocycles. The van der Waals surface area contributed by atoms with E-state index in [0.717, 1.165) is 16.9 Å². The highest BCUT2D eigenvalue weighted by atomic mass is 16.5. The minimum Gasteiger partial charge on any atom is -0.481 e. The van der Waals surface area contributed by atoms with Gasteiger partial charge in [0.25, 0.3) is 0 Å². The molecule has 2 aromatic heterocycles. The fourth-order valence-electron chi connectivity index (χ4n) is 1.55. The third-order valence-electron chi connectivity index (χ3n) is 2.57. The monoisotopic (exact) mass is 260 g/mol. The number of aromatic nitrogens is 3. The fourth-order valence-corrected chi connectivity index (χ4v) is 1.55. The second kappa shape index (κ2) is 5.96. The van der Waals surface area contributed by atoms with Crippen molar-refractivity contribution in [3.63, 3.8) is 0 Å². The van der Waals surface area contributed by atoms with Gasteiger partial charge < -0.3 is 10.1 Å². The molecule has 4 N–H and O–H groups in total. The zero-order valence-electron chi connectivity index (χ0n) is 10.8. The summed E-state index contributed by atoms with van der Waals surface area (Å²) in [4.78, 5) is 12.3. The van der Waals surface area contributed by atoms with Crippen LogP contribution in [-0.4, -0.2) is 22.1 Å². The molecule has 0 fully saturated rings. The van der Waals surface area contributed by atoms with Gasteiger partial charge in [-0.25, -0.2) is 15.8 Å². The largest absolute Gasteiger partial charge is 0.481 e. The SMILES string of the molecule is COc1cc(CNc2nc(NN)ncc2C)ccn1. The van der Waals surface area contributed by atoms with E-state index in [2.05, 4.69) is 25.7 Å². The van der Waals surface area contributed by atoms with Crippen LogP contribution in [0.15, 0.2) is 24.5 Å². The van der Waals surface area contributed by atoms with Crippen molar-refractivity contribution in [1.82, 2.24) is 15.0 Å². The number of anilines is 2. The molecule has 0 atom stereocenters. The van der Waals surface area contributed by atoms with E-state index in [0.29, 0.717) is 18.4 Å². The van der Waals surface area contributed by atoms with Crippen molar-refractivity contribution >= 4 is 11.8 Å². The molecule has 2 heterocycles. The van der Waals surface area contributed by atoms with Crippen LogP contribution in [0, 0.1) is 6.92 Å². The number of methoxy groups -OCH3 is 1. The van der Waals surface area contributed by atoms with Gasteiger partial charge in [-0.15, -0.1) is 0 Å². The third kappa shape index (κ3) is 3.29. The van der Waals surface area contributed by atoms with Crippen LogP contribution in [0.5, 0.6) is 5.88 Å². The van der Waals surface area contributed by atoms with Gasteiger partial charge in [0.1, 0.15) is 5.82 Å². The lowest BCUT2D eigenvalue weighted by atomic mass is 10.2. The average Bonchev–Trinajstić information content (AvgIpc) is 2.46. The molecule has 100 valence electrons. The van der Waals surface area contributed by atoms with E-state index in [9.17, 15) is 0 Å². The lowest BCUT2D eigenvalue weighted by Crippen LogP contribution is -2.12. The molecule has 19 heavy (non-hydrogen) atoms. The topological polar surface area (TPSA) is 98.0 Å². The van der Waals surface area contributed by atoms with Gasteiger partial charge in [-0.1, -0.05) is 0 Å². The van der Waals surface area contributed by atoms with Crippen molar-refractivity contribution in [2.75, 3.05) is 17.9 Å². The molecule has 0 aliphatic rings. The van der Waals surface area contributed by atoms with E-state index in [4.69, 9.17) is 10.6 Å². The number of nitrogen functional groups attached to an aromatic ring is 1. The molecule has 0 saturated heterocycles. The van der Waals surface area contributed by atoms with E-state index in [1.807, 2.05) is 19.1 Å². The van der Waals surface area contributed by atoms with Crippen molar-refractivity contribution in [2.45, 2.75) is 13.5 Å². The molecule has 0 spiro atoms. The summed E-state index contributed by atoms with van der Waals surface area (Å²) < 4.78 is 5.08. The van der Waals surface area contributed by atoms with Crippen LogP contribution in [0.1, 0.15) is 11.1 Å². The Bertz CT molecular complexity index is 560. The zero-order chi connectivity index (χ0) is 13.7. The van der Waals surface area contributed by atoms with Crippen LogP contribution in [-0.2, 0) is 6.54 Å². The quantitative estimate of drug-likeness (QED) is 0.546. The third-order valence-corrected chi connectivity index (χ3v) is 2.57. The van der Waals surface area contributed by atoms with Crippen LogP contribution in [0.25, 0.3) is 0 Å². The molecule has 2 aromatic rings. The molecule has 0 saturated carbocycles. The molecule has 0 unspecified atom stereocenters. The average molecular weight is 260 g/mol. The first-order valence-electron chi connectivity index (χ1n) is 5.76. The molecule has 0 aliphatic carbocycles. The van der Waals surface area contributed by atoms with Gasteiger partial charge in [0.2, 0.25) is 11.8 Å². The minimum absolute atomic E-state index is 0.375. The summed E-state index contributed by atoms with van der Waals surface area (Å²) in [5.41, 5.74) is 4.41. The Morgan fingerprint density at radius 1 is 1.37 bits per heavy atom. The van der Waals surface area contributed by atoms with Crippen molar-refractivity contribution in [3.05, 3.63) is 35.7 Å². The maximum absolute atomic E-state index is 5.29. The molecule has 0 amide bonds. The first kappa shape index (κ1) is 13.0. The second-order valence-corrected chi connectivity index (χ2v) is 3.93. The molecule has 0 aliphatic heterocycles. The smallest absolute Gasteiger partial charge is 0.239 e. The number of aryl methyl sites for hydroxylation is 1. The van der Waals surface area contributed by atoms with Gasteiger partial charge in [0.15, 0.2) is 0 Å². The Morgan fingerprint density at radius 3 is 2.95 bits per heavy atom. The maximum atomic E-state index is 5.29. The number of rotatable bonds is 5. The summed E-state index contributed by atoms with van der Waals surface area (Å²) in [5.74, 6) is 6.98. The first-order chi connectivity index (χ1) is 9.22. The van der Waals surface area contributed by atoms with Crippen molar-refractivity contribution < 1.29 is 4.74 Å². The number of hydrogen-bond donors (Lipinski definition) is 3. The van der Waals surface area contributed by atoms with Crippen molar-refractivity contribution in [1.29, 1.82) is 0 Å². The summed E-state index contributed by atoms with van der Waals surface area (Å²) in [7, 11) is 1.59. The van der Waals surface area contributed by atoms with Gasteiger partial charge in [-0.2, -0.15) is 4.98 Å². The normalized spacial score (nSPS) is 10.1. The number of nitrogens with zero attached hydrogens (tertiary/aromatic N) is 3. The van der Waals surface area contributed by atoms with Crippen LogP contribution in [0.4, 0.5) is 11.8 Å². The lowest BCUT2D eigenvalue weighted by Gasteiger charge is -2.10. The summed E-state index contributed by atoms with van der Waals surface area (Å²) in [6, 6.07) is 3.78. The van der Waals surface area contributed by atoms with Crippen LogP contribution in [0.2, 0.25) is 0 Å². The van der Waals surface area contributed by atoms with Gasteiger partial charge in [0, 0.05) is 30.6 Å². The number of hydrogen-bond acceptors (Lipinski definition) is 7. The summed E-state index contributed by atoms with van der Waals surface area (Å²) in [5, 5.41) is 3.23. The molecule has 7 nitrogen and oxygen atoms in total. The van der Waals surface area contributed by atoms with Gasteiger partial charge in [0.05, 0.1) is 7.11 Å². The van der Waals surface area contributed by atoms with Gasteiger partial charge in [-0.3, -0.25) is 5.43 Å². The van der Waals surface area contributed by atoms with Crippen molar-refractivity contribution in [3.8, 4) is 5.88 Å². The molecule has 0 radical (unpaired) electrons. The van der Waals surface area contributed by atoms with E-state index in [1.54, 1.807) is 19.5 Å². The molecule has 0 bridgehead atoms. The maximum Gasteiger partial charge on any atom is 0.239 e.